The van der Waals surface area contributed by atoms with E-state index in [2.05, 4.69) is 31.8 Å². The van der Waals surface area contributed by atoms with Crippen LogP contribution in [0, 0.1) is 19.7 Å². The normalized spacial score (nSPS) is 10.8. The van der Waals surface area contributed by atoms with Crippen molar-refractivity contribution in [3.8, 4) is 11.5 Å². The van der Waals surface area contributed by atoms with E-state index in [1.807, 2.05) is 19.9 Å². The first-order valence-corrected chi connectivity index (χ1v) is 11.5. The number of amides is 2. The summed E-state index contributed by atoms with van der Waals surface area (Å²) in [7, 11) is 1.45. The third-order valence-electron chi connectivity index (χ3n) is 4.74. The molecule has 0 saturated heterocycles. The number of halogens is 3. The third kappa shape index (κ3) is 7.03. The summed E-state index contributed by atoms with van der Waals surface area (Å²) in [6.07, 6.45) is 1.34. The highest BCUT2D eigenvalue weighted by molar-refractivity contribution is 9.10. The van der Waals surface area contributed by atoms with Crippen LogP contribution in [0.4, 0.5) is 10.1 Å². The summed E-state index contributed by atoms with van der Waals surface area (Å²) in [5.41, 5.74) is 5.39. The number of nitrogens with zero attached hydrogens (tertiary/aromatic N) is 1. The summed E-state index contributed by atoms with van der Waals surface area (Å²) in [6.45, 7) is 3.68. The van der Waals surface area contributed by atoms with E-state index in [9.17, 15) is 14.0 Å². The van der Waals surface area contributed by atoms with E-state index >= 15 is 0 Å². The van der Waals surface area contributed by atoms with E-state index in [1.165, 1.54) is 25.5 Å². The van der Waals surface area contributed by atoms with Crippen molar-refractivity contribution >= 4 is 51.2 Å². The maximum Gasteiger partial charge on any atom is 0.329 e. The maximum atomic E-state index is 14.0. The van der Waals surface area contributed by atoms with Gasteiger partial charge in [-0.2, -0.15) is 5.10 Å². The van der Waals surface area contributed by atoms with E-state index in [-0.39, 0.29) is 17.2 Å². The highest BCUT2D eigenvalue weighted by atomic mass is 79.9. The first kappa shape index (κ1) is 26.2. The predicted octanol–water partition coefficient (Wildman–Crippen LogP) is 5.53. The summed E-state index contributed by atoms with van der Waals surface area (Å²) in [5, 5.41) is 6.62. The van der Waals surface area contributed by atoms with Crippen molar-refractivity contribution in [1.29, 1.82) is 0 Å². The van der Waals surface area contributed by atoms with Crippen molar-refractivity contribution in [3.63, 3.8) is 0 Å². The van der Waals surface area contributed by atoms with E-state index in [0.717, 1.165) is 11.1 Å². The second-order valence-corrected chi connectivity index (χ2v) is 8.81. The summed E-state index contributed by atoms with van der Waals surface area (Å²) < 4.78 is 25.7. The smallest absolute Gasteiger partial charge is 0.329 e. The standard InChI is InChI=1S/C25H22BrClFN3O4/c1-14-7-15(2)9-17(8-14)30-24(32)25(33)31-29-12-16-10-19(26)23(22(11-16)34-3)35-13-18-20(27)5-4-6-21(18)28/h4-12H,13H2,1-3H3,(H,30,32)(H,31,33)/b29-12+. The minimum absolute atomic E-state index is 0.112. The Balaban J connectivity index is 1.65. The summed E-state index contributed by atoms with van der Waals surface area (Å²) in [6, 6.07) is 13.1. The van der Waals surface area contributed by atoms with Crippen molar-refractivity contribution in [3.05, 3.63) is 86.1 Å². The molecule has 0 unspecified atom stereocenters. The van der Waals surface area contributed by atoms with E-state index in [4.69, 9.17) is 21.1 Å². The number of nitrogens with one attached hydrogen (secondary N) is 2. The van der Waals surface area contributed by atoms with Crippen molar-refractivity contribution in [2.75, 3.05) is 12.4 Å². The Morgan fingerprint density at radius 1 is 1.11 bits per heavy atom. The molecule has 0 fully saturated rings. The fraction of sp³-hybridized carbons (Fsp3) is 0.160. The number of rotatable bonds is 7. The van der Waals surface area contributed by atoms with Crippen molar-refractivity contribution in [1.82, 2.24) is 5.43 Å². The zero-order chi connectivity index (χ0) is 25.5. The zero-order valence-corrected chi connectivity index (χ0v) is 21.5. The molecule has 3 aromatic carbocycles. The Labute approximate surface area is 215 Å². The minimum atomic E-state index is -0.923. The van der Waals surface area contributed by atoms with Gasteiger partial charge in [0.2, 0.25) is 0 Å². The molecule has 0 aliphatic rings. The lowest BCUT2D eigenvalue weighted by atomic mass is 10.1. The average Bonchev–Trinajstić information content (AvgIpc) is 2.78. The molecule has 182 valence electrons. The molecule has 7 nitrogen and oxygen atoms in total. The van der Waals surface area contributed by atoms with Crippen LogP contribution in [0.5, 0.6) is 11.5 Å². The van der Waals surface area contributed by atoms with Gasteiger partial charge in [0.05, 0.1) is 22.8 Å². The number of benzene rings is 3. The van der Waals surface area contributed by atoms with Crippen molar-refractivity contribution in [2.24, 2.45) is 5.10 Å². The van der Waals surface area contributed by atoms with Crippen LogP contribution >= 0.6 is 27.5 Å². The van der Waals surface area contributed by atoms with Crippen LogP contribution in [0.3, 0.4) is 0 Å². The predicted molar refractivity (Wildman–Crippen MR) is 137 cm³/mol. The fourth-order valence-electron chi connectivity index (χ4n) is 3.22. The van der Waals surface area contributed by atoms with Gasteiger partial charge >= 0.3 is 11.8 Å². The number of methoxy groups -OCH3 is 1. The highest BCUT2D eigenvalue weighted by Gasteiger charge is 2.15. The number of hydrogen-bond acceptors (Lipinski definition) is 5. The average molecular weight is 563 g/mol. The lowest BCUT2D eigenvalue weighted by Crippen LogP contribution is -2.32. The molecule has 0 radical (unpaired) electrons. The van der Waals surface area contributed by atoms with Gasteiger partial charge in [-0.05, 0) is 82.9 Å². The molecular weight excluding hydrogens is 541 g/mol. The molecule has 3 aromatic rings. The molecule has 35 heavy (non-hydrogen) atoms. The van der Waals surface area contributed by atoms with Crippen LogP contribution in [0.2, 0.25) is 5.02 Å². The number of carbonyl (C=O) groups excluding carboxylic acids is 2. The number of anilines is 1. The first-order chi connectivity index (χ1) is 16.7. The molecule has 0 spiro atoms. The number of aryl methyl sites for hydroxylation is 2. The van der Waals surface area contributed by atoms with E-state index < -0.39 is 17.6 Å². The second kappa shape index (κ2) is 11.8. The van der Waals surface area contributed by atoms with Crippen LogP contribution in [-0.4, -0.2) is 25.1 Å². The molecule has 0 atom stereocenters. The third-order valence-corrected chi connectivity index (χ3v) is 5.68. The second-order valence-electron chi connectivity index (χ2n) is 7.55. The lowest BCUT2D eigenvalue weighted by Gasteiger charge is -2.14. The number of carbonyl (C=O) groups is 2. The van der Waals surface area contributed by atoms with Gasteiger partial charge in [0.1, 0.15) is 12.4 Å². The van der Waals surface area contributed by atoms with Gasteiger partial charge in [0, 0.05) is 11.3 Å². The Morgan fingerprint density at radius 3 is 2.49 bits per heavy atom. The molecule has 0 heterocycles. The van der Waals surface area contributed by atoms with Crippen molar-refractivity contribution < 1.29 is 23.5 Å². The number of hydrazone groups is 1. The molecule has 0 aromatic heterocycles. The van der Waals surface area contributed by atoms with Gasteiger partial charge < -0.3 is 14.8 Å². The Kier molecular flexibility index (Phi) is 8.84. The van der Waals surface area contributed by atoms with Gasteiger partial charge in [-0.15, -0.1) is 0 Å². The molecule has 2 N–H and O–H groups in total. The Bertz CT molecular complexity index is 1260. The number of ether oxygens (including phenoxy) is 2. The minimum Gasteiger partial charge on any atom is -0.493 e. The van der Waals surface area contributed by atoms with Crippen molar-refractivity contribution in [2.45, 2.75) is 20.5 Å². The van der Waals surface area contributed by atoms with Gasteiger partial charge in [-0.3, -0.25) is 9.59 Å². The van der Waals surface area contributed by atoms with Crippen LogP contribution in [0.1, 0.15) is 22.3 Å². The van der Waals surface area contributed by atoms with Crippen LogP contribution in [0.15, 0.2) is 58.1 Å². The highest BCUT2D eigenvalue weighted by Crippen LogP contribution is 2.37. The molecular formula is C25H22BrClFN3O4. The fourth-order valence-corrected chi connectivity index (χ4v) is 4.01. The molecule has 3 rings (SSSR count). The molecule has 0 bridgehead atoms. The van der Waals surface area contributed by atoms with Crippen LogP contribution < -0.4 is 20.2 Å². The molecule has 0 aliphatic heterocycles. The quantitative estimate of drug-likeness (QED) is 0.225. The number of hydrogen-bond donors (Lipinski definition) is 2. The summed E-state index contributed by atoms with van der Waals surface area (Å²) in [4.78, 5) is 24.2. The lowest BCUT2D eigenvalue weighted by molar-refractivity contribution is -0.136. The monoisotopic (exact) mass is 561 g/mol. The molecule has 2 amide bonds. The summed E-state index contributed by atoms with van der Waals surface area (Å²) in [5.74, 6) is -1.57. The zero-order valence-electron chi connectivity index (χ0n) is 19.1. The molecule has 0 saturated carbocycles. The van der Waals surface area contributed by atoms with Gasteiger partial charge in [0.25, 0.3) is 0 Å². The van der Waals surface area contributed by atoms with E-state index in [1.54, 1.807) is 30.3 Å². The molecule has 10 heteroatoms. The Hall–Kier alpha value is -3.43. The molecule has 0 aliphatic carbocycles. The largest absolute Gasteiger partial charge is 0.493 e. The van der Waals surface area contributed by atoms with Crippen LogP contribution in [0.25, 0.3) is 0 Å². The summed E-state index contributed by atoms with van der Waals surface area (Å²) >= 11 is 9.45. The van der Waals surface area contributed by atoms with Gasteiger partial charge in [-0.1, -0.05) is 23.7 Å². The first-order valence-electron chi connectivity index (χ1n) is 10.3. The Morgan fingerprint density at radius 2 is 1.83 bits per heavy atom. The topological polar surface area (TPSA) is 89.0 Å². The van der Waals surface area contributed by atoms with Gasteiger partial charge in [0.15, 0.2) is 11.5 Å². The SMILES string of the molecule is COc1cc(/C=N/NC(=O)C(=O)Nc2cc(C)cc(C)c2)cc(Br)c1OCc1c(F)cccc1Cl. The van der Waals surface area contributed by atoms with Gasteiger partial charge in [-0.25, -0.2) is 9.82 Å². The maximum absolute atomic E-state index is 14.0. The van der Waals surface area contributed by atoms with Crippen LogP contribution in [-0.2, 0) is 16.2 Å². The van der Waals surface area contributed by atoms with E-state index in [0.29, 0.717) is 27.2 Å².